The molecule has 0 spiro atoms. The molecule has 41 heavy (non-hydrogen) atoms. The second kappa shape index (κ2) is 12.2. The fourth-order valence-corrected chi connectivity index (χ4v) is 14.0. The van der Waals surface area contributed by atoms with Crippen molar-refractivity contribution < 1.29 is 13.7 Å². The molecular formula is C33H41N3O3SSi. The summed E-state index contributed by atoms with van der Waals surface area (Å²) in [6.45, 7) is 16.5. The maximum Gasteiger partial charge on any atom is 0.355 e. The van der Waals surface area contributed by atoms with Crippen LogP contribution in [0.3, 0.4) is 0 Å². The first kappa shape index (κ1) is 30.5. The van der Waals surface area contributed by atoms with Gasteiger partial charge in [-0.15, -0.1) is 6.58 Å². The molecule has 1 heterocycles. The summed E-state index contributed by atoms with van der Waals surface area (Å²) in [7, 11) is -4.96. The van der Waals surface area contributed by atoms with E-state index in [2.05, 4.69) is 58.2 Å². The molecule has 2 unspecified atom stereocenters. The third-order valence-corrected chi connectivity index (χ3v) is 15.6. The van der Waals surface area contributed by atoms with E-state index in [9.17, 15) is 4.79 Å². The van der Waals surface area contributed by atoms with E-state index in [1.807, 2.05) is 42.5 Å². The van der Waals surface area contributed by atoms with Crippen LogP contribution in [0, 0.1) is 11.8 Å². The van der Waals surface area contributed by atoms with Crippen LogP contribution in [0.2, 0.25) is 5.04 Å². The normalized spacial score (nSPS) is 16.1. The molecule has 1 aliphatic rings. The van der Waals surface area contributed by atoms with Crippen molar-refractivity contribution in [2.45, 2.75) is 50.5 Å². The largest absolute Gasteiger partial charge is 0.461 e. The number of benzene rings is 2. The van der Waals surface area contributed by atoms with E-state index in [4.69, 9.17) is 13.2 Å². The van der Waals surface area contributed by atoms with E-state index in [1.165, 1.54) is 0 Å². The molecule has 0 amide bonds. The lowest BCUT2D eigenvalue weighted by atomic mass is 10.1. The van der Waals surface area contributed by atoms with Crippen LogP contribution >= 0.6 is 0 Å². The lowest BCUT2D eigenvalue weighted by Gasteiger charge is -2.40. The molecule has 216 valence electrons. The second-order valence-electron chi connectivity index (χ2n) is 11.5. The topological polar surface area (TPSA) is 73.0 Å². The number of carbonyl (C=O) groups is 1. The van der Waals surface area contributed by atoms with Crippen molar-refractivity contribution in [2.75, 3.05) is 6.61 Å². The van der Waals surface area contributed by atoms with Crippen LogP contribution in [0.25, 0.3) is 6.08 Å². The summed E-state index contributed by atoms with van der Waals surface area (Å²) in [6, 6.07) is 20.3. The van der Waals surface area contributed by atoms with Gasteiger partial charge in [-0.05, 0) is 41.1 Å². The van der Waals surface area contributed by atoms with Crippen molar-refractivity contribution in [3.8, 4) is 0 Å². The number of ether oxygens (including phenoxy) is 1. The monoisotopic (exact) mass is 587 g/mol. The first-order valence-corrected chi connectivity index (χ1v) is 17.5. The van der Waals surface area contributed by atoms with E-state index in [0.717, 1.165) is 23.2 Å². The second-order valence-corrected chi connectivity index (χ2v) is 17.9. The molecule has 6 nitrogen and oxygen atoms in total. The fraction of sp³-hybridized carbons (Fsp3) is 0.333. The highest BCUT2D eigenvalue weighted by Gasteiger charge is 2.50. The predicted molar refractivity (Wildman–Crippen MR) is 173 cm³/mol. The van der Waals surface area contributed by atoms with Crippen molar-refractivity contribution in [3.63, 3.8) is 0 Å². The molecule has 2 aromatic carbocycles. The van der Waals surface area contributed by atoms with Gasteiger partial charge in [0.25, 0.3) is 8.24 Å². The summed E-state index contributed by atoms with van der Waals surface area (Å²) in [5.74, 6) is -0.0719. The Bertz CT molecular complexity index is 1520. The summed E-state index contributed by atoms with van der Waals surface area (Å²) < 4.78 is 33.0. The molecular weight excluding hydrogens is 547 g/mol. The number of aromatic nitrogens is 1. The van der Waals surface area contributed by atoms with Crippen molar-refractivity contribution >= 4 is 46.8 Å². The number of aryl methyl sites for hydroxylation is 1. The molecule has 0 N–H and O–H groups in total. The van der Waals surface area contributed by atoms with Gasteiger partial charge in [0, 0.05) is 30.9 Å². The highest BCUT2D eigenvalue weighted by Crippen LogP contribution is 2.40. The van der Waals surface area contributed by atoms with E-state index in [1.54, 1.807) is 37.0 Å². The summed E-state index contributed by atoms with van der Waals surface area (Å²) in [6.07, 6.45) is 9.07. The van der Waals surface area contributed by atoms with Crippen molar-refractivity contribution in [1.29, 1.82) is 0 Å². The van der Waals surface area contributed by atoms with Crippen molar-refractivity contribution in [2.24, 2.45) is 27.3 Å². The first-order chi connectivity index (χ1) is 19.5. The number of esters is 1. The standard InChI is InChI=1S/C33H41N3O3SSi/c1-8-25(26-21-22-26)23-34-40(38,30-24-36(7)31(29(30)9-2)32(37)39-10-3)35-41(33(4,5)6,27-17-13-11-14-18-27)28-19-15-12-16-20-28/h8-9,11-20,23-26H,1-2,10,21-22H2,3-7H3. The van der Waals surface area contributed by atoms with Gasteiger partial charge in [0.1, 0.15) is 5.69 Å². The number of hydrogen-bond donors (Lipinski definition) is 0. The Balaban J connectivity index is 2.15. The van der Waals surface area contributed by atoms with Crippen LogP contribution < -0.4 is 10.4 Å². The van der Waals surface area contributed by atoms with Crippen LogP contribution in [0.15, 0.2) is 99.4 Å². The van der Waals surface area contributed by atoms with Gasteiger partial charge < -0.3 is 9.30 Å². The van der Waals surface area contributed by atoms with E-state index >= 15 is 4.21 Å². The van der Waals surface area contributed by atoms with Gasteiger partial charge in [-0.2, -0.15) is 4.40 Å². The van der Waals surface area contributed by atoms with Crippen LogP contribution in [0.5, 0.6) is 0 Å². The lowest BCUT2D eigenvalue weighted by molar-refractivity contribution is 0.0515. The molecule has 1 fully saturated rings. The Kier molecular flexibility index (Phi) is 9.04. The molecule has 0 radical (unpaired) electrons. The Hall–Kier alpha value is -3.49. The quantitative estimate of drug-likeness (QED) is 0.112. The molecule has 0 bridgehead atoms. The SMILES string of the molecule is C=Cc1c(S(=O)(N=CC(C=C)C2CC2)=N[Si](c2ccccc2)(c2ccccc2)C(C)(C)C)cn(C)c1C(=O)OCC. The van der Waals surface area contributed by atoms with Gasteiger partial charge in [0.15, 0.2) is 9.92 Å². The van der Waals surface area contributed by atoms with Gasteiger partial charge in [-0.3, -0.25) is 0 Å². The van der Waals surface area contributed by atoms with Gasteiger partial charge in [0.2, 0.25) is 0 Å². The highest BCUT2D eigenvalue weighted by atomic mass is 32.2. The minimum absolute atomic E-state index is 0.00870. The van der Waals surface area contributed by atoms with Crippen LogP contribution in [0.1, 0.15) is 56.6 Å². The Morgan fingerprint density at radius 2 is 1.66 bits per heavy atom. The van der Waals surface area contributed by atoms with E-state index in [-0.39, 0.29) is 18.2 Å². The number of nitrogens with zero attached hydrogens (tertiary/aromatic N) is 3. The number of carbonyl (C=O) groups excluding carboxylic acids is 1. The molecule has 1 aromatic heterocycles. The molecule has 0 aliphatic heterocycles. The van der Waals surface area contributed by atoms with Crippen LogP contribution in [0.4, 0.5) is 0 Å². The molecule has 3 aromatic rings. The third kappa shape index (κ3) is 5.95. The molecule has 0 saturated heterocycles. The highest BCUT2D eigenvalue weighted by molar-refractivity contribution is 7.93. The zero-order valence-electron chi connectivity index (χ0n) is 24.7. The predicted octanol–water partition coefficient (Wildman–Crippen LogP) is 6.43. The molecule has 8 heteroatoms. The van der Waals surface area contributed by atoms with Crippen molar-refractivity contribution in [3.05, 3.63) is 97.4 Å². The third-order valence-electron chi connectivity index (χ3n) is 7.69. The Morgan fingerprint density at radius 1 is 1.10 bits per heavy atom. The van der Waals surface area contributed by atoms with Crippen molar-refractivity contribution in [1.82, 2.24) is 4.57 Å². The Morgan fingerprint density at radius 3 is 2.10 bits per heavy atom. The first-order valence-electron chi connectivity index (χ1n) is 14.1. The fourth-order valence-electron chi connectivity index (χ4n) is 5.44. The molecule has 2 atom stereocenters. The zero-order chi connectivity index (χ0) is 29.8. The number of rotatable bonds is 11. The summed E-state index contributed by atoms with van der Waals surface area (Å²) in [5, 5.41) is 1.67. The van der Waals surface area contributed by atoms with Gasteiger partial charge >= 0.3 is 5.97 Å². The number of hydrogen-bond acceptors (Lipinski definition) is 4. The van der Waals surface area contributed by atoms with Crippen LogP contribution in [-0.4, -0.2) is 35.8 Å². The van der Waals surface area contributed by atoms with Gasteiger partial charge in [-0.1, -0.05) is 100 Å². The van der Waals surface area contributed by atoms with E-state index in [0.29, 0.717) is 16.4 Å². The molecule has 4 rings (SSSR count). The zero-order valence-corrected chi connectivity index (χ0v) is 26.6. The van der Waals surface area contributed by atoms with Gasteiger partial charge in [-0.25, -0.2) is 13.0 Å². The Labute approximate surface area is 246 Å². The molecule has 1 saturated carbocycles. The lowest BCUT2D eigenvalue weighted by Crippen LogP contribution is -2.63. The maximum atomic E-state index is 15.6. The minimum Gasteiger partial charge on any atom is -0.461 e. The summed E-state index contributed by atoms with van der Waals surface area (Å²) in [5.41, 5.74) is 0.705. The van der Waals surface area contributed by atoms with Gasteiger partial charge in [0.05, 0.1) is 11.5 Å². The maximum absolute atomic E-state index is 15.6. The smallest absolute Gasteiger partial charge is 0.355 e. The van der Waals surface area contributed by atoms with Crippen LogP contribution in [-0.2, 0) is 21.7 Å². The summed E-state index contributed by atoms with van der Waals surface area (Å²) in [4.78, 5) is 13.4. The summed E-state index contributed by atoms with van der Waals surface area (Å²) >= 11 is 0. The minimum atomic E-state index is -3.50. The average Bonchev–Trinajstić information content (AvgIpc) is 3.73. The van der Waals surface area contributed by atoms with E-state index < -0.39 is 29.2 Å². The average molecular weight is 588 g/mol. The number of allylic oxidation sites excluding steroid dienone is 1. The molecule has 1 aliphatic carbocycles.